The summed E-state index contributed by atoms with van der Waals surface area (Å²) in [5.41, 5.74) is 1.43. The number of amides is 2. The van der Waals surface area contributed by atoms with Crippen LogP contribution in [-0.4, -0.2) is 55.1 Å². The zero-order valence-electron chi connectivity index (χ0n) is 18.7. The summed E-state index contributed by atoms with van der Waals surface area (Å²) in [6.07, 6.45) is -0.579. The summed E-state index contributed by atoms with van der Waals surface area (Å²) in [7, 11) is 1.69. The Balaban J connectivity index is 1.87. The number of aryl methyl sites for hydroxylation is 1. The van der Waals surface area contributed by atoms with Gasteiger partial charge >= 0.3 is 6.09 Å². The summed E-state index contributed by atoms with van der Waals surface area (Å²) < 4.78 is 1.87. The van der Waals surface area contributed by atoms with Crippen LogP contribution in [0.1, 0.15) is 36.0 Å². The molecule has 0 spiro atoms. The summed E-state index contributed by atoms with van der Waals surface area (Å²) in [5, 5.41) is 20.6. The fourth-order valence-corrected chi connectivity index (χ4v) is 4.87. The van der Waals surface area contributed by atoms with Crippen LogP contribution < -0.4 is 5.32 Å². The smallest absolute Gasteiger partial charge is 0.407 e. The van der Waals surface area contributed by atoms with Crippen LogP contribution in [0.25, 0.3) is 11.3 Å². The van der Waals surface area contributed by atoms with Gasteiger partial charge in [-0.1, -0.05) is 58.7 Å². The molecule has 0 fully saturated rings. The van der Waals surface area contributed by atoms with Gasteiger partial charge in [0.15, 0.2) is 5.15 Å². The number of benzene rings is 1. The number of carbonyl (C=O) groups excluding carboxylic acids is 1. The van der Waals surface area contributed by atoms with Crippen LogP contribution >= 0.6 is 34.5 Å². The topological polar surface area (TPSA) is 100 Å². The maximum Gasteiger partial charge on any atom is 0.407 e. The second-order valence-corrected chi connectivity index (χ2v) is 10.6. The summed E-state index contributed by atoms with van der Waals surface area (Å²) in [6.45, 7) is 5.58. The number of carbonyl (C=O) groups is 2. The summed E-state index contributed by atoms with van der Waals surface area (Å²) in [6, 6.07) is 10.8. The van der Waals surface area contributed by atoms with Crippen molar-refractivity contribution in [2.45, 2.75) is 38.8 Å². The number of nitrogens with zero attached hydrogens (tertiary/aromatic N) is 4. The lowest BCUT2D eigenvalue weighted by atomic mass is 10.0. The number of carboxylic acid groups (broad SMARTS) is 1. The van der Waals surface area contributed by atoms with Gasteiger partial charge in [0.1, 0.15) is 10.0 Å². The predicted molar refractivity (Wildman–Crippen MR) is 130 cm³/mol. The van der Waals surface area contributed by atoms with Gasteiger partial charge in [-0.2, -0.15) is 0 Å². The second-order valence-electron chi connectivity index (χ2n) is 8.57. The molecule has 2 amide bonds. The van der Waals surface area contributed by atoms with E-state index in [9.17, 15) is 14.7 Å². The van der Waals surface area contributed by atoms with E-state index in [1.54, 1.807) is 13.1 Å². The van der Waals surface area contributed by atoms with Crippen LogP contribution in [0.5, 0.6) is 0 Å². The van der Waals surface area contributed by atoms with Crippen LogP contribution in [0.2, 0.25) is 9.49 Å². The molecule has 0 saturated heterocycles. The molecule has 0 saturated carbocycles. The third kappa shape index (κ3) is 6.04. The molecule has 2 heterocycles. The first-order chi connectivity index (χ1) is 15.5. The average molecular weight is 510 g/mol. The van der Waals surface area contributed by atoms with E-state index in [0.29, 0.717) is 26.9 Å². The number of aromatic nitrogens is 3. The quantitative estimate of drug-likeness (QED) is 0.468. The van der Waals surface area contributed by atoms with Gasteiger partial charge in [-0.05, 0) is 38.8 Å². The van der Waals surface area contributed by atoms with Crippen molar-refractivity contribution in [3.8, 4) is 11.3 Å². The van der Waals surface area contributed by atoms with Crippen molar-refractivity contribution in [1.82, 2.24) is 25.2 Å². The maximum absolute atomic E-state index is 13.2. The van der Waals surface area contributed by atoms with Crippen LogP contribution in [0.3, 0.4) is 0 Å². The van der Waals surface area contributed by atoms with Crippen molar-refractivity contribution in [2.75, 3.05) is 6.54 Å². The minimum Gasteiger partial charge on any atom is -0.465 e. The molecule has 33 heavy (non-hydrogen) atoms. The zero-order valence-corrected chi connectivity index (χ0v) is 21.0. The number of hydrogen-bond donors (Lipinski definition) is 2. The average Bonchev–Trinajstić information content (AvgIpc) is 3.26. The normalized spacial score (nSPS) is 12.4. The maximum atomic E-state index is 13.2. The van der Waals surface area contributed by atoms with E-state index in [2.05, 4.69) is 15.6 Å². The van der Waals surface area contributed by atoms with E-state index in [0.717, 1.165) is 16.9 Å². The molecule has 1 atom stereocenters. The van der Waals surface area contributed by atoms with E-state index < -0.39 is 17.7 Å². The molecule has 0 aliphatic rings. The predicted octanol–water partition coefficient (Wildman–Crippen LogP) is 4.97. The fourth-order valence-electron chi connectivity index (χ4n) is 3.44. The molecule has 0 aliphatic carbocycles. The van der Waals surface area contributed by atoms with Crippen molar-refractivity contribution < 1.29 is 14.7 Å². The largest absolute Gasteiger partial charge is 0.465 e. The van der Waals surface area contributed by atoms with Crippen LogP contribution in [-0.2, 0) is 13.5 Å². The summed E-state index contributed by atoms with van der Waals surface area (Å²) in [4.78, 5) is 26.8. The lowest BCUT2D eigenvalue weighted by Gasteiger charge is -2.36. The van der Waals surface area contributed by atoms with Crippen LogP contribution in [0.15, 0.2) is 36.4 Å². The Hall–Kier alpha value is -2.62. The number of nitrogens with one attached hydrogen (secondary N) is 1. The zero-order chi connectivity index (χ0) is 24.3. The molecule has 2 N–H and O–H groups in total. The van der Waals surface area contributed by atoms with Gasteiger partial charge in [-0.15, -0.1) is 16.4 Å². The van der Waals surface area contributed by atoms with Crippen molar-refractivity contribution in [2.24, 2.45) is 7.05 Å². The van der Waals surface area contributed by atoms with Gasteiger partial charge in [-0.3, -0.25) is 4.79 Å². The van der Waals surface area contributed by atoms with E-state index in [4.69, 9.17) is 23.2 Å². The molecule has 0 radical (unpaired) electrons. The van der Waals surface area contributed by atoms with Crippen molar-refractivity contribution in [3.05, 3.63) is 56.3 Å². The highest BCUT2D eigenvalue weighted by Gasteiger charge is 2.30. The third-order valence-electron chi connectivity index (χ3n) is 5.06. The summed E-state index contributed by atoms with van der Waals surface area (Å²) in [5.74, 6) is -0.348. The van der Waals surface area contributed by atoms with Gasteiger partial charge in [0.05, 0.1) is 10.9 Å². The first-order valence-corrected chi connectivity index (χ1v) is 11.7. The highest BCUT2D eigenvalue weighted by Crippen LogP contribution is 2.38. The molecule has 3 rings (SSSR count). The van der Waals surface area contributed by atoms with E-state index in [-0.39, 0.29) is 17.6 Å². The molecule has 8 nitrogen and oxygen atoms in total. The Bertz CT molecular complexity index is 1120. The Morgan fingerprint density at radius 3 is 2.45 bits per heavy atom. The van der Waals surface area contributed by atoms with Crippen molar-refractivity contribution in [3.63, 3.8) is 0 Å². The van der Waals surface area contributed by atoms with Gasteiger partial charge < -0.3 is 15.3 Å². The molecule has 1 aromatic carbocycles. The van der Waals surface area contributed by atoms with Crippen molar-refractivity contribution >= 4 is 46.5 Å². The Labute approximate surface area is 206 Å². The summed E-state index contributed by atoms with van der Waals surface area (Å²) >= 11 is 13.6. The Morgan fingerprint density at radius 1 is 1.24 bits per heavy atom. The minimum atomic E-state index is -1.05. The Kier molecular flexibility index (Phi) is 7.66. The molecular weight excluding hydrogens is 485 g/mol. The van der Waals surface area contributed by atoms with E-state index >= 15 is 0 Å². The first-order valence-electron chi connectivity index (χ1n) is 10.2. The van der Waals surface area contributed by atoms with Crippen LogP contribution in [0.4, 0.5) is 4.79 Å². The Morgan fingerprint density at radius 2 is 1.91 bits per heavy atom. The number of hydrogen-bond acceptors (Lipinski definition) is 5. The first kappa shape index (κ1) is 25.0. The van der Waals surface area contributed by atoms with E-state index in [1.807, 2.05) is 51.1 Å². The highest BCUT2D eigenvalue weighted by atomic mass is 35.5. The SMILES string of the molecule is Cn1nnc(Cl)c1-c1cc(C(=O)N[C@H](Cc2ccccc2)CN(C(=O)O)C(C)(C)C)sc1Cl. The fraction of sp³-hybridized carbons (Fsp3) is 0.364. The molecule has 3 aromatic rings. The van der Waals surface area contributed by atoms with Crippen LogP contribution in [0, 0.1) is 0 Å². The highest BCUT2D eigenvalue weighted by molar-refractivity contribution is 7.18. The van der Waals surface area contributed by atoms with Gasteiger partial charge in [0.25, 0.3) is 5.91 Å². The molecular formula is C22H25Cl2N5O3S. The lowest BCUT2D eigenvalue weighted by molar-refractivity contribution is 0.0824. The number of rotatable bonds is 7. The number of thiophene rings is 1. The van der Waals surface area contributed by atoms with Gasteiger partial charge in [-0.25, -0.2) is 9.48 Å². The van der Waals surface area contributed by atoms with Crippen molar-refractivity contribution in [1.29, 1.82) is 0 Å². The van der Waals surface area contributed by atoms with Gasteiger partial charge in [0, 0.05) is 24.7 Å². The number of halogens is 2. The standard InChI is InChI=1S/C22H25Cl2N5O3S/c1-22(2,3)29(21(31)32)12-14(10-13-8-6-5-7-9-13)25-20(30)16-11-15(19(24)33-16)17-18(23)26-27-28(17)4/h5-9,11,14H,10,12H2,1-4H3,(H,25,30)(H,31,32)/t14-/m1/s1. The molecule has 0 unspecified atom stereocenters. The molecule has 0 bridgehead atoms. The molecule has 176 valence electrons. The minimum absolute atomic E-state index is 0.128. The van der Waals surface area contributed by atoms with E-state index in [1.165, 1.54) is 9.58 Å². The molecule has 2 aromatic heterocycles. The third-order valence-corrected chi connectivity index (χ3v) is 6.67. The monoisotopic (exact) mass is 509 g/mol. The molecule has 0 aliphatic heterocycles. The lowest BCUT2D eigenvalue weighted by Crippen LogP contribution is -2.53. The second kappa shape index (κ2) is 10.1. The molecule has 11 heteroatoms. The van der Waals surface area contributed by atoms with Gasteiger partial charge in [0.2, 0.25) is 0 Å².